The number of carbonyl (C=O) groups excluding carboxylic acids is 1. The van der Waals surface area contributed by atoms with Crippen LogP contribution in [0.3, 0.4) is 0 Å². The van der Waals surface area contributed by atoms with Crippen LogP contribution in [0.2, 0.25) is 5.02 Å². The summed E-state index contributed by atoms with van der Waals surface area (Å²) >= 11 is 6.06. The molecule has 1 N–H and O–H groups in total. The van der Waals surface area contributed by atoms with Crippen molar-refractivity contribution in [1.82, 2.24) is 14.3 Å². The summed E-state index contributed by atoms with van der Waals surface area (Å²) in [6.45, 7) is 0.289. The van der Waals surface area contributed by atoms with Crippen LogP contribution in [-0.4, -0.2) is 23.9 Å². The van der Waals surface area contributed by atoms with Gasteiger partial charge in [0.15, 0.2) is 0 Å². The Labute approximate surface area is 237 Å². The Hall–Kier alpha value is -3.53. The molecule has 1 amide bonds. The predicted octanol–water partition coefficient (Wildman–Crippen LogP) is 5.52. The second kappa shape index (κ2) is 10.5. The van der Waals surface area contributed by atoms with E-state index >= 15 is 0 Å². The Bertz CT molecular complexity index is 1670. The number of hydrogen-bond donors (Lipinski definition) is 1. The first kappa shape index (κ1) is 26.7. The molecule has 7 nitrogen and oxygen atoms in total. The number of aryl methyl sites for hydroxylation is 2. The van der Waals surface area contributed by atoms with Crippen LogP contribution in [-0.2, 0) is 34.8 Å². The maximum atomic E-state index is 13.9. The SMILES string of the molecule is Cn1ccnc1CN(C(=O)[C@H]1C[C@H]1c1ccc(Cl)cc1)c1ccc2c(c1)[C@H](NS(=O)(=O)c1ccc(F)cc1)CC2. The van der Waals surface area contributed by atoms with Gasteiger partial charge in [0.25, 0.3) is 0 Å². The number of aromatic nitrogens is 2. The number of nitrogens with one attached hydrogen (secondary N) is 1. The van der Waals surface area contributed by atoms with Crippen molar-refractivity contribution >= 4 is 33.2 Å². The highest BCUT2D eigenvalue weighted by molar-refractivity contribution is 7.89. The molecule has 0 bridgehead atoms. The van der Waals surface area contributed by atoms with Gasteiger partial charge in [0.2, 0.25) is 15.9 Å². The Morgan fingerprint density at radius 3 is 2.58 bits per heavy atom. The van der Waals surface area contributed by atoms with Gasteiger partial charge in [-0.15, -0.1) is 0 Å². The number of imidazole rings is 1. The third-order valence-corrected chi connectivity index (χ3v) is 9.57. The summed E-state index contributed by atoms with van der Waals surface area (Å²) in [5, 5.41) is 0.659. The zero-order valence-corrected chi connectivity index (χ0v) is 23.4. The van der Waals surface area contributed by atoms with E-state index in [1.807, 2.05) is 60.3 Å². The molecule has 1 heterocycles. The average Bonchev–Trinajstić information content (AvgIpc) is 3.50. The first-order valence-corrected chi connectivity index (χ1v) is 15.0. The molecule has 1 aromatic heterocycles. The van der Waals surface area contributed by atoms with Crippen molar-refractivity contribution in [2.75, 3.05) is 4.90 Å². The van der Waals surface area contributed by atoms with Gasteiger partial charge < -0.3 is 9.47 Å². The van der Waals surface area contributed by atoms with Gasteiger partial charge in [-0.3, -0.25) is 4.79 Å². The zero-order valence-electron chi connectivity index (χ0n) is 21.8. The molecular formula is C30H28ClFN4O3S. The first-order chi connectivity index (χ1) is 19.2. The molecule has 0 unspecified atom stereocenters. The number of carbonyl (C=O) groups is 1. The first-order valence-electron chi connectivity index (χ1n) is 13.1. The van der Waals surface area contributed by atoms with Crippen LogP contribution < -0.4 is 9.62 Å². The zero-order chi connectivity index (χ0) is 28.0. The highest BCUT2D eigenvalue weighted by Gasteiger charge is 2.46. The molecule has 3 atom stereocenters. The maximum Gasteiger partial charge on any atom is 0.241 e. The van der Waals surface area contributed by atoms with Crippen molar-refractivity contribution in [2.24, 2.45) is 13.0 Å². The summed E-state index contributed by atoms with van der Waals surface area (Å²) in [6.07, 6.45) is 5.60. The molecule has 2 aliphatic rings. The Balaban J connectivity index is 1.29. The molecule has 206 valence electrons. The molecule has 3 aromatic carbocycles. The lowest BCUT2D eigenvalue weighted by Crippen LogP contribution is -2.33. The minimum absolute atomic E-state index is 0.00402. The van der Waals surface area contributed by atoms with Crippen LogP contribution in [0.4, 0.5) is 10.1 Å². The van der Waals surface area contributed by atoms with Crippen molar-refractivity contribution in [3.05, 3.63) is 112 Å². The van der Waals surface area contributed by atoms with E-state index in [1.54, 1.807) is 11.1 Å². The van der Waals surface area contributed by atoms with Gasteiger partial charge in [-0.25, -0.2) is 22.5 Å². The quantitative estimate of drug-likeness (QED) is 0.299. The third-order valence-electron chi connectivity index (χ3n) is 7.83. The van der Waals surface area contributed by atoms with Crippen molar-refractivity contribution < 1.29 is 17.6 Å². The summed E-state index contributed by atoms with van der Waals surface area (Å²) in [5.41, 5.74) is 3.65. The minimum atomic E-state index is -3.86. The molecular weight excluding hydrogens is 551 g/mol. The molecule has 1 saturated carbocycles. The molecule has 2 aliphatic carbocycles. The second-order valence-corrected chi connectivity index (χ2v) is 12.6. The Morgan fingerprint density at radius 2 is 1.88 bits per heavy atom. The Morgan fingerprint density at radius 1 is 1.12 bits per heavy atom. The summed E-state index contributed by atoms with van der Waals surface area (Å²) < 4.78 is 44.1. The Kier molecular flexibility index (Phi) is 6.98. The standard InChI is InChI=1S/C30H28ClFN4O3S/c1-35-15-14-33-29(35)18-36(30(37)27-17-25(27)19-2-6-21(31)7-3-19)23-10-4-20-5-13-28(26(20)16-23)34-40(38,39)24-11-8-22(32)9-12-24/h2-4,6-12,14-16,25,27-28,34H,5,13,17-18H2,1H3/t25-,27-,28+/m0/s1. The lowest BCUT2D eigenvalue weighted by atomic mass is 10.1. The molecule has 0 aliphatic heterocycles. The molecule has 10 heteroatoms. The lowest BCUT2D eigenvalue weighted by Gasteiger charge is -2.25. The monoisotopic (exact) mass is 578 g/mol. The van der Waals surface area contributed by atoms with Crippen molar-refractivity contribution in [2.45, 2.75) is 42.7 Å². The second-order valence-electron chi connectivity index (χ2n) is 10.4. The highest BCUT2D eigenvalue weighted by atomic mass is 35.5. The van der Waals surface area contributed by atoms with E-state index in [0.29, 0.717) is 23.6 Å². The van der Waals surface area contributed by atoms with Crippen LogP contribution >= 0.6 is 11.6 Å². The average molecular weight is 579 g/mol. The smallest absolute Gasteiger partial charge is 0.241 e. The summed E-state index contributed by atoms with van der Waals surface area (Å²) in [7, 11) is -1.97. The van der Waals surface area contributed by atoms with Crippen LogP contribution in [0, 0.1) is 11.7 Å². The van der Waals surface area contributed by atoms with Crippen molar-refractivity contribution in [3.8, 4) is 0 Å². The molecule has 0 spiro atoms. The van der Waals surface area contributed by atoms with Gasteiger partial charge in [-0.05, 0) is 90.4 Å². The van der Waals surface area contributed by atoms with Gasteiger partial charge >= 0.3 is 0 Å². The van der Waals surface area contributed by atoms with Crippen LogP contribution in [0.15, 0.2) is 84.0 Å². The number of fused-ring (bicyclic) bond motifs is 1. The highest BCUT2D eigenvalue weighted by Crippen LogP contribution is 2.49. The van der Waals surface area contributed by atoms with E-state index in [4.69, 9.17) is 11.6 Å². The number of nitrogens with zero attached hydrogens (tertiary/aromatic N) is 3. The lowest BCUT2D eigenvalue weighted by molar-refractivity contribution is -0.120. The van der Waals surface area contributed by atoms with Crippen LogP contribution in [0.25, 0.3) is 0 Å². The number of benzene rings is 3. The number of anilines is 1. The minimum Gasteiger partial charge on any atom is -0.337 e. The van der Waals surface area contributed by atoms with Gasteiger partial charge in [-0.2, -0.15) is 0 Å². The molecule has 40 heavy (non-hydrogen) atoms. The normalized spacial score (nSPS) is 19.8. The topological polar surface area (TPSA) is 84.3 Å². The number of sulfonamides is 1. The van der Waals surface area contributed by atoms with E-state index in [9.17, 15) is 17.6 Å². The predicted molar refractivity (Wildman–Crippen MR) is 151 cm³/mol. The number of hydrogen-bond acceptors (Lipinski definition) is 4. The fourth-order valence-corrected chi connectivity index (χ4v) is 6.86. The van der Waals surface area contributed by atoms with E-state index in [0.717, 1.165) is 41.1 Å². The number of amides is 1. The molecule has 4 aromatic rings. The van der Waals surface area contributed by atoms with Crippen LogP contribution in [0.5, 0.6) is 0 Å². The fourth-order valence-electron chi connectivity index (χ4n) is 5.48. The van der Waals surface area contributed by atoms with Crippen molar-refractivity contribution in [1.29, 1.82) is 0 Å². The van der Waals surface area contributed by atoms with Gasteiger partial charge in [0.1, 0.15) is 11.6 Å². The fraction of sp³-hybridized carbons (Fsp3) is 0.267. The van der Waals surface area contributed by atoms with Gasteiger partial charge in [0.05, 0.1) is 11.4 Å². The van der Waals surface area contributed by atoms with E-state index < -0.39 is 21.9 Å². The van der Waals surface area contributed by atoms with Gasteiger partial charge in [0, 0.05) is 42.1 Å². The summed E-state index contributed by atoms with van der Waals surface area (Å²) in [4.78, 5) is 20.1. The van der Waals surface area contributed by atoms with Crippen molar-refractivity contribution in [3.63, 3.8) is 0 Å². The number of halogens is 2. The maximum absolute atomic E-state index is 13.9. The molecule has 0 radical (unpaired) electrons. The molecule has 6 rings (SSSR count). The largest absolute Gasteiger partial charge is 0.337 e. The third kappa shape index (κ3) is 5.29. The summed E-state index contributed by atoms with van der Waals surface area (Å²) in [5.74, 6) is 0.206. The van der Waals surface area contributed by atoms with E-state index in [2.05, 4.69) is 9.71 Å². The molecule has 1 fully saturated rings. The van der Waals surface area contributed by atoms with E-state index in [1.165, 1.54) is 12.1 Å². The molecule has 0 saturated heterocycles. The summed E-state index contributed by atoms with van der Waals surface area (Å²) in [6, 6.07) is 17.7. The van der Waals surface area contributed by atoms with E-state index in [-0.39, 0.29) is 29.2 Å². The van der Waals surface area contributed by atoms with Crippen LogP contribution in [0.1, 0.15) is 47.3 Å². The number of rotatable bonds is 8. The van der Waals surface area contributed by atoms with Gasteiger partial charge in [-0.1, -0.05) is 29.8 Å².